The normalized spacial score (nSPS) is 18.4. The molecular formula is C15H22N2O. The van der Waals surface area contributed by atoms with Crippen LogP contribution in [0.2, 0.25) is 0 Å². The molecule has 1 aromatic heterocycles. The van der Waals surface area contributed by atoms with Crippen molar-refractivity contribution >= 4 is 0 Å². The summed E-state index contributed by atoms with van der Waals surface area (Å²) in [7, 11) is 0. The van der Waals surface area contributed by atoms with Crippen LogP contribution in [0.15, 0.2) is 16.5 Å². The highest BCUT2D eigenvalue weighted by molar-refractivity contribution is 5.18. The van der Waals surface area contributed by atoms with E-state index in [1.54, 1.807) is 6.07 Å². The van der Waals surface area contributed by atoms with Gasteiger partial charge in [0.15, 0.2) is 0 Å². The Morgan fingerprint density at radius 3 is 2.78 bits per heavy atom. The van der Waals surface area contributed by atoms with E-state index < -0.39 is 0 Å². The van der Waals surface area contributed by atoms with Crippen molar-refractivity contribution in [3.63, 3.8) is 0 Å². The van der Waals surface area contributed by atoms with Crippen LogP contribution in [-0.2, 0) is 6.54 Å². The fourth-order valence-electron chi connectivity index (χ4n) is 2.95. The smallest absolute Gasteiger partial charge is 0.203 e. The highest BCUT2D eigenvalue weighted by Gasteiger charge is 2.21. The standard InChI is InChI=1S/C15H22N2O/c1-2-15(12-6-4-3-5-7-12)17-11-14-9-8-13(10-16)18-14/h8-9,12,15,17H,2-7,11H2,1H3. The zero-order valence-corrected chi connectivity index (χ0v) is 11.1. The molecule has 0 spiro atoms. The molecule has 1 atom stereocenters. The Kier molecular flexibility index (Phi) is 4.83. The average Bonchev–Trinajstić information content (AvgIpc) is 2.89. The number of nitrogens with one attached hydrogen (secondary N) is 1. The van der Waals surface area contributed by atoms with E-state index in [2.05, 4.69) is 12.2 Å². The summed E-state index contributed by atoms with van der Waals surface area (Å²) in [5.41, 5.74) is 0. The quantitative estimate of drug-likeness (QED) is 0.863. The second kappa shape index (κ2) is 6.61. The Hall–Kier alpha value is -1.27. The maximum Gasteiger partial charge on any atom is 0.203 e. The Morgan fingerprint density at radius 1 is 1.39 bits per heavy atom. The summed E-state index contributed by atoms with van der Waals surface area (Å²) in [6, 6.07) is 6.22. The van der Waals surface area contributed by atoms with Gasteiger partial charge in [-0.2, -0.15) is 5.26 Å². The summed E-state index contributed by atoms with van der Waals surface area (Å²) < 4.78 is 5.39. The summed E-state index contributed by atoms with van der Waals surface area (Å²) in [6.45, 7) is 2.98. The first-order chi connectivity index (χ1) is 8.83. The van der Waals surface area contributed by atoms with Crippen molar-refractivity contribution in [1.82, 2.24) is 5.32 Å². The van der Waals surface area contributed by atoms with Gasteiger partial charge in [-0.25, -0.2) is 0 Å². The van der Waals surface area contributed by atoms with E-state index in [9.17, 15) is 0 Å². The lowest BCUT2D eigenvalue weighted by atomic mass is 9.83. The van der Waals surface area contributed by atoms with Crippen LogP contribution in [0.5, 0.6) is 0 Å². The molecule has 1 aromatic rings. The van der Waals surface area contributed by atoms with Crippen molar-refractivity contribution < 1.29 is 4.42 Å². The van der Waals surface area contributed by atoms with Gasteiger partial charge in [-0.3, -0.25) is 0 Å². The van der Waals surface area contributed by atoms with Crippen LogP contribution in [0.25, 0.3) is 0 Å². The topological polar surface area (TPSA) is 49.0 Å². The van der Waals surface area contributed by atoms with Crippen LogP contribution in [-0.4, -0.2) is 6.04 Å². The van der Waals surface area contributed by atoms with Crippen LogP contribution in [0, 0.1) is 17.2 Å². The largest absolute Gasteiger partial charge is 0.449 e. The molecule has 3 heteroatoms. The van der Waals surface area contributed by atoms with Crippen molar-refractivity contribution in [3.8, 4) is 6.07 Å². The Labute approximate surface area is 109 Å². The van der Waals surface area contributed by atoms with E-state index in [4.69, 9.17) is 9.68 Å². The molecular weight excluding hydrogens is 224 g/mol. The van der Waals surface area contributed by atoms with E-state index in [0.717, 1.165) is 24.6 Å². The predicted molar refractivity (Wildman–Crippen MR) is 70.9 cm³/mol. The van der Waals surface area contributed by atoms with E-state index >= 15 is 0 Å². The maximum atomic E-state index is 8.71. The van der Waals surface area contributed by atoms with Crippen LogP contribution in [0.4, 0.5) is 0 Å². The molecule has 1 N–H and O–H groups in total. The van der Waals surface area contributed by atoms with Crippen molar-refractivity contribution in [2.45, 2.75) is 58.0 Å². The zero-order valence-electron chi connectivity index (χ0n) is 11.1. The third-order valence-electron chi connectivity index (χ3n) is 3.97. The second-order valence-electron chi connectivity index (χ2n) is 5.17. The van der Waals surface area contributed by atoms with Gasteiger partial charge in [0.05, 0.1) is 6.54 Å². The van der Waals surface area contributed by atoms with Crippen molar-refractivity contribution in [2.24, 2.45) is 5.92 Å². The van der Waals surface area contributed by atoms with Gasteiger partial charge in [0, 0.05) is 6.04 Å². The molecule has 0 amide bonds. The first-order valence-electron chi connectivity index (χ1n) is 7.05. The van der Waals surface area contributed by atoms with Gasteiger partial charge in [0.25, 0.3) is 0 Å². The van der Waals surface area contributed by atoms with Gasteiger partial charge >= 0.3 is 0 Å². The van der Waals surface area contributed by atoms with Gasteiger partial charge in [-0.15, -0.1) is 0 Å². The van der Waals surface area contributed by atoms with Crippen LogP contribution < -0.4 is 5.32 Å². The molecule has 18 heavy (non-hydrogen) atoms. The monoisotopic (exact) mass is 246 g/mol. The van der Waals surface area contributed by atoms with E-state index in [-0.39, 0.29) is 0 Å². The third kappa shape index (κ3) is 3.36. The molecule has 0 aliphatic heterocycles. The molecule has 0 saturated heterocycles. The highest BCUT2D eigenvalue weighted by atomic mass is 16.3. The first-order valence-corrected chi connectivity index (χ1v) is 7.05. The molecule has 2 rings (SSSR count). The molecule has 0 bridgehead atoms. The lowest BCUT2D eigenvalue weighted by Gasteiger charge is -2.30. The molecule has 1 unspecified atom stereocenters. The molecule has 98 valence electrons. The molecule has 3 nitrogen and oxygen atoms in total. The summed E-state index contributed by atoms with van der Waals surface area (Å²) in [5, 5.41) is 12.3. The summed E-state index contributed by atoms with van der Waals surface area (Å²) in [4.78, 5) is 0. The van der Waals surface area contributed by atoms with Crippen molar-refractivity contribution in [2.75, 3.05) is 0 Å². The number of furan rings is 1. The van der Waals surface area contributed by atoms with Gasteiger partial charge in [-0.1, -0.05) is 26.2 Å². The lowest BCUT2D eigenvalue weighted by Crippen LogP contribution is -2.36. The fraction of sp³-hybridized carbons (Fsp3) is 0.667. The fourth-order valence-corrected chi connectivity index (χ4v) is 2.95. The summed E-state index contributed by atoms with van der Waals surface area (Å²) >= 11 is 0. The lowest BCUT2D eigenvalue weighted by molar-refractivity contribution is 0.257. The molecule has 1 aliphatic rings. The Bertz CT molecular complexity index is 399. The summed E-state index contributed by atoms with van der Waals surface area (Å²) in [6.07, 6.45) is 8.03. The number of nitrogens with zero attached hydrogens (tertiary/aromatic N) is 1. The second-order valence-corrected chi connectivity index (χ2v) is 5.17. The van der Waals surface area contributed by atoms with Crippen LogP contribution in [0.1, 0.15) is 57.0 Å². The van der Waals surface area contributed by atoms with Crippen molar-refractivity contribution in [1.29, 1.82) is 5.26 Å². The van der Waals surface area contributed by atoms with Crippen molar-refractivity contribution in [3.05, 3.63) is 23.7 Å². The van der Waals surface area contributed by atoms with Crippen LogP contribution in [0.3, 0.4) is 0 Å². The Morgan fingerprint density at radius 2 is 2.17 bits per heavy atom. The minimum atomic E-state index is 0.400. The number of rotatable bonds is 5. The van der Waals surface area contributed by atoms with Gasteiger partial charge < -0.3 is 9.73 Å². The molecule has 1 aliphatic carbocycles. The summed E-state index contributed by atoms with van der Waals surface area (Å²) in [5.74, 6) is 2.08. The minimum absolute atomic E-state index is 0.400. The van der Waals surface area contributed by atoms with E-state index in [0.29, 0.717) is 11.8 Å². The van der Waals surface area contributed by atoms with E-state index in [1.807, 2.05) is 12.1 Å². The molecule has 1 fully saturated rings. The van der Waals surface area contributed by atoms with Gasteiger partial charge in [-0.05, 0) is 37.3 Å². The third-order valence-corrected chi connectivity index (χ3v) is 3.97. The molecule has 0 radical (unpaired) electrons. The van der Waals surface area contributed by atoms with Crippen LogP contribution >= 0.6 is 0 Å². The SMILES string of the molecule is CCC(NCc1ccc(C#N)o1)C1CCCCC1. The van der Waals surface area contributed by atoms with Gasteiger partial charge in [0.2, 0.25) is 5.76 Å². The first kappa shape index (κ1) is 13.2. The highest BCUT2D eigenvalue weighted by Crippen LogP contribution is 2.27. The molecule has 1 saturated carbocycles. The number of hydrogen-bond acceptors (Lipinski definition) is 3. The minimum Gasteiger partial charge on any atom is -0.449 e. The Balaban J connectivity index is 1.84. The maximum absolute atomic E-state index is 8.71. The number of nitriles is 1. The molecule has 1 heterocycles. The molecule has 0 aromatic carbocycles. The zero-order chi connectivity index (χ0) is 12.8. The predicted octanol–water partition coefficient (Wildman–Crippen LogP) is 3.60. The average molecular weight is 246 g/mol. The number of hydrogen-bond donors (Lipinski definition) is 1. The van der Waals surface area contributed by atoms with E-state index in [1.165, 1.54) is 32.1 Å². The van der Waals surface area contributed by atoms with Gasteiger partial charge in [0.1, 0.15) is 11.8 Å².